The lowest BCUT2D eigenvalue weighted by atomic mass is 10.2. The molecule has 0 spiro atoms. The number of alkyl halides is 3. The Labute approximate surface area is 134 Å². The van der Waals surface area contributed by atoms with E-state index in [9.17, 15) is 18.0 Å². The zero-order valence-corrected chi connectivity index (χ0v) is 12.9. The third kappa shape index (κ3) is 3.05. The molecule has 2 heterocycles. The third-order valence-corrected chi connectivity index (χ3v) is 3.89. The van der Waals surface area contributed by atoms with Gasteiger partial charge in [0.15, 0.2) is 11.5 Å². The Bertz CT molecular complexity index is 764. The molecule has 124 valence electrons. The van der Waals surface area contributed by atoms with Gasteiger partial charge in [-0.25, -0.2) is 0 Å². The highest BCUT2D eigenvalue weighted by Gasteiger charge is 2.40. The van der Waals surface area contributed by atoms with Crippen molar-refractivity contribution in [3.63, 3.8) is 0 Å². The lowest BCUT2D eigenvalue weighted by Gasteiger charge is -2.06. The predicted molar refractivity (Wildman–Crippen MR) is 76.1 cm³/mol. The number of amides is 1. The monoisotopic (exact) mass is 347 g/mol. The Hall–Kier alpha value is -2.03. The number of hydrogen-bond donors (Lipinski definition) is 1. The maximum absolute atomic E-state index is 13.0. The Kier molecular flexibility index (Phi) is 3.83. The van der Waals surface area contributed by atoms with Crippen molar-refractivity contribution in [1.82, 2.24) is 19.6 Å². The third-order valence-electron chi connectivity index (χ3n) is 3.61. The largest absolute Gasteiger partial charge is 0.435 e. The number of nitrogens with zero attached hydrogens (tertiary/aromatic N) is 4. The second-order valence-corrected chi connectivity index (χ2v) is 5.74. The first-order chi connectivity index (χ1) is 10.8. The van der Waals surface area contributed by atoms with Gasteiger partial charge in [-0.15, -0.1) is 0 Å². The number of aromatic nitrogens is 4. The maximum atomic E-state index is 13.0. The second-order valence-electron chi connectivity index (χ2n) is 5.33. The van der Waals surface area contributed by atoms with Gasteiger partial charge in [-0.1, -0.05) is 11.6 Å². The Morgan fingerprint density at radius 2 is 2.13 bits per heavy atom. The van der Waals surface area contributed by atoms with Gasteiger partial charge in [0.05, 0.1) is 0 Å². The topological polar surface area (TPSA) is 64.7 Å². The van der Waals surface area contributed by atoms with E-state index in [1.165, 1.54) is 10.9 Å². The van der Waals surface area contributed by atoms with Gasteiger partial charge < -0.3 is 5.32 Å². The number of carbonyl (C=O) groups excluding carboxylic acids is 1. The normalized spacial score (nSPS) is 14.1. The number of halogens is 4. The molecule has 23 heavy (non-hydrogen) atoms. The van der Waals surface area contributed by atoms with Crippen molar-refractivity contribution in [2.75, 3.05) is 5.32 Å². The number of rotatable bonds is 3. The average Bonchev–Trinajstić information content (AvgIpc) is 3.07. The van der Waals surface area contributed by atoms with Crippen LogP contribution < -0.4 is 5.32 Å². The molecule has 2 aromatic heterocycles. The quantitative estimate of drug-likeness (QED) is 0.927. The second kappa shape index (κ2) is 5.55. The SMILES string of the molecule is Cn1cc(Cl)c(NC(=O)Cn2nc(C(F)(F)F)c3c2CCC3)n1. The summed E-state index contributed by atoms with van der Waals surface area (Å²) in [6.07, 6.45) is -1.57. The van der Waals surface area contributed by atoms with Gasteiger partial charge in [0.2, 0.25) is 5.91 Å². The summed E-state index contributed by atoms with van der Waals surface area (Å²) in [4.78, 5) is 12.0. The van der Waals surface area contributed by atoms with Crippen molar-refractivity contribution >= 4 is 23.3 Å². The number of nitrogens with one attached hydrogen (secondary N) is 1. The van der Waals surface area contributed by atoms with E-state index >= 15 is 0 Å². The minimum atomic E-state index is -4.51. The number of aryl methyl sites for hydroxylation is 1. The Morgan fingerprint density at radius 3 is 2.74 bits per heavy atom. The standard InChI is InChI=1S/C13H13ClF3N5O/c1-21-5-8(14)12(20-21)18-10(23)6-22-9-4-2-3-7(9)11(19-22)13(15,16)17/h5H,2-4,6H2,1H3,(H,18,20,23). The molecular weight excluding hydrogens is 335 g/mol. The molecule has 0 aliphatic heterocycles. The van der Waals surface area contributed by atoms with Crippen LogP contribution in [-0.2, 0) is 37.4 Å². The summed E-state index contributed by atoms with van der Waals surface area (Å²) in [6, 6.07) is 0. The molecule has 0 unspecified atom stereocenters. The van der Waals surface area contributed by atoms with Crippen LogP contribution in [0.15, 0.2) is 6.20 Å². The molecule has 0 radical (unpaired) electrons. The van der Waals surface area contributed by atoms with Crippen molar-refractivity contribution in [3.8, 4) is 0 Å². The van der Waals surface area contributed by atoms with Gasteiger partial charge in [0, 0.05) is 24.5 Å². The van der Waals surface area contributed by atoms with Crippen LogP contribution in [0, 0.1) is 0 Å². The smallest absolute Gasteiger partial charge is 0.306 e. The summed E-state index contributed by atoms with van der Waals surface area (Å²) in [5.41, 5.74) is -0.227. The van der Waals surface area contributed by atoms with Gasteiger partial charge in [0.25, 0.3) is 0 Å². The number of hydrogen-bond acceptors (Lipinski definition) is 3. The highest BCUT2D eigenvalue weighted by molar-refractivity contribution is 6.33. The summed E-state index contributed by atoms with van der Waals surface area (Å²) in [5, 5.41) is 10.3. The van der Waals surface area contributed by atoms with E-state index < -0.39 is 17.8 Å². The van der Waals surface area contributed by atoms with Crippen molar-refractivity contribution in [1.29, 1.82) is 0 Å². The molecule has 0 aromatic carbocycles. The zero-order chi connectivity index (χ0) is 16.8. The lowest BCUT2D eigenvalue weighted by Crippen LogP contribution is -2.21. The molecule has 1 N–H and O–H groups in total. The van der Waals surface area contributed by atoms with Gasteiger partial charge in [-0.2, -0.15) is 23.4 Å². The molecule has 3 rings (SSSR count). The van der Waals surface area contributed by atoms with Crippen LogP contribution in [0.5, 0.6) is 0 Å². The lowest BCUT2D eigenvalue weighted by molar-refractivity contribution is -0.142. The first-order valence-electron chi connectivity index (χ1n) is 6.90. The number of carbonyl (C=O) groups is 1. The molecule has 0 fully saturated rings. The first kappa shape index (κ1) is 15.9. The van der Waals surface area contributed by atoms with Crippen LogP contribution in [0.1, 0.15) is 23.4 Å². The fourth-order valence-corrected chi connectivity index (χ4v) is 2.95. The Morgan fingerprint density at radius 1 is 1.39 bits per heavy atom. The number of fused-ring (bicyclic) bond motifs is 1. The molecule has 0 bridgehead atoms. The van der Waals surface area contributed by atoms with Crippen LogP contribution >= 0.6 is 11.6 Å². The molecule has 1 amide bonds. The summed E-state index contributed by atoms with van der Waals surface area (Å²) in [6.45, 7) is -0.314. The van der Waals surface area contributed by atoms with Crippen LogP contribution in [0.3, 0.4) is 0 Å². The molecule has 1 aliphatic rings. The van der Waals surface area contributed by atoms with E-state index in [-0.39, 0.29) is 22.9 Å². The molecule has 0 saturated heterocycles. The van der Waals surface area contributed by atoms with E-state index in [1.54, 1.807) is 7.05 Å². The van der Waals surface area contributed by atoms with E-state index in [1.807, 2.05) is 0 Å². The number of anilines is 1. The molecular formula is C13H13ClF3N5O. The predicted octanol–water partition coefficient (Wildman–Crippen LogP) is 2.42. The van der Waals surface area contributed by atoms with Gasteiger partial charge in [-0.3, -0.25) is 14.2 Å². The van der Waals surface area contributed by atoms with Crippen molar-refractivity contribution in [2.24, 2.45) is 7.05 Å². The highest BCUT2D eigenvalue weighted by Crippen LogP contribution is 2.36. The van der Waals surface area contributed by atoms with Gasteiger partial charge in [0.1, 0.15) is 11.6 Å². The van der Waals surface area contributed by atoms with E-state index in [0.29, 0.717) is 25.0 Å². The highest BCUT2D eigenvalue weighted by atomic mass is 35.5. The average molecular weight is 348 g/mol. The molecule has 2 aromatic rings. The summed E-state index contributed by atoms with van der Waals surface area (Å²) >= 11 is 5.88. The van der Waals surface area contributed by atoms with E-state index in [0.717, 1.165) is 4.68 Å². The Balaban J connectivity index is 1.81. The molecule has 1 aliphatic carbocycles. The molecule has 0 saturated carbocycles. The minimum absolute atomic E-state index is 0.166. The van der Waals surface area contributed by atoms with Gasteiger partial charge >= 0.3 is 6.18 Å². The van der Waals surface area contributed by atoms with E-state index in [4.69, 9.17) is 11.6 Å². The van der Waals surface area contributed by atoms with E-state index in [2.05, 4.69) is 15.5 Å². The maximum Gasteiger partial charge on any atom is 0.435 e. The molecule has 0 atom stereocenters. The fourth-order valence-electron chi connectivity index (χ4n) is 2.72. The van der Waals surface area contributed by atoms with Gasteiger partial charge in [-0.05, 0) is 19.3 Å². The van der Waals surface area contributed by atoms with Crippen molar-refractivity contribution < 1.29 is 18.0 Å². The summed E-state index contributed by atoms with van der Waals surface area (Å²) in [7, 11) is 1.64. The minimum Gasteiger partial charge on any atom is -0.306 e. The van der Waals surface area contributed by atoms with Crippen molar-refractivity contribution in [3.05, 3.63) is 28.2 Å². The molecule has 6 nitrogen and oxygen atoms in total. The summed E-state index contributed by atoms with van der Waals surface area (Å²) in [5.74, 6) is -0.365. The fraction of sp³-hybridized carbons (Fsp3) is 0.462. The van der Waals surface area contributed by atoms with Crippen LogP contribution in [0.4, 0.5) is 19.0 Å². The molecule has 10 heteroatoms. The van der Waals surface area contributed by atoms with Crippen LogP contribution in [0.2, 0.25) is 5.02 Å². The van der Waals surface area contributed by atoms with Crippen molar-refractivity contribution in [2.45, 2.75) is 32.0 Å². The van der Waals surface area contributed by atoms with Crippen LogP contribution in [-0.4, -0.2) is 25.5 Å². The van der Waals surface area contributed by atoms with Crippen LogP contribution in [0.25, 0.3) is 0 Å². The zero-order valence-electron chi connectivity index (χ0n) is 12.1. The summed E-state index contributed by atoms with van der Waals surface area (Å²) < 4.78 is 41.5. The first-order valence-corrected chi connectivity index (χ1v) is 7.28.